The van der Waals surface area contributed by atoms with Gasteiger partial charge < -0.3 is 9.88 Å². The van der Waals surface area contributed by atoms with E-state index in [0.717, 1.165) is 27.7 Å². The van der Waals surface area contributed by atoms with Crippen LogP contribution in [-0.4, -0.2) is 10.5 Å². The van der Waals surface area contributed by atoms with Crippen molar-refractivity contribution in [3.8, 4) is 6.07 Å². The average Bonchev–Trinajstić information content (AvgIpc) is 3.06. The van der Waals surface area contributed by atoms with Crippen LogP contribution in [0.4, 0.5) is 5.69 Å². The molecule has 1 aromatic heterocycles. The van der Waals surface area contributed by atoms with E-state index < -0.39 is 5.91 Å². The van der Waals surface area contributed by atoms with Crippen molar-refractivity contribution >= 4 is 40.2 Å². The van der Waals surface area contributed by atoms with Crippen molar-refractivity contribution in [3.63, 3.8) is 0 Å². The van der Waals surface area contributed by atoms with Gasteiger partial charge in [0.1, 0.15) is 11.6 Å². The molecule has 4 rings (SSSR count). The number of amides is 1. The smallest absolute Gasteiger partial charge is 0.266 e. The molecule has 32 heavy (non-hydrogen) atoms. The number of nitrogens with zero attached hydrogens (tertiary/aromatic N) is 2. The lowest BCUT2D eigenvalue weighted by atomic mass is 10.1. The molecule has 0 atom stereocenters. The Morgan fingerprint density at radius 2 is 1.75 bits per heavy atom. The number of carbonyl (C=O) groups excluding carboxylic acids is 1. The van der Waals surface area contributed by atoms with E-state index in [2.05, 4.69) is 34.2 Å². The molecule has 4 aromatic rings. The predicted octanol–water partition coefficient (Wildman–Crippen LogP) is 6.51. The van der Waals surface area contributed by atoms with Crippen LogP contribution in [0, 0.1) is 25.2 Å². The zero-order valence-corrected chi connectivity index (χ0v) is 18.6. The summed E-state index contributed by atoms with van der Waals surface area (Å²) in [5.41, 5.74) is 5.49. The van der Waals surface area contributed by atoms with Gasteiger partial charge in [0.25, 0.3) is 5.91 Å². The second kappa shape index (κ2) is 9.13. The molecule has 1 heterocycles. The third-order valence-electron chi connectivity index (χ3n) is 5.63. The van der Waals surface area contributed by atoms with E-state index in [0.29, 0.717) is 17.3 Å². The lowest BCUT2D eigenvalue weighted by molar-refractivity contribution is -0.112. The normalized spacial score (nSPS) is 11.4. The highest BCUT2D eigenvalue weighted by Crippen LogP contribution is 2.29. The first-order valence-corrected chi connectivity index (χ1v) is 10.7. The van der Waals surface area contributed by atoms with Gasteiger partial charge in [-0.3, -0.25) is 4.79 Å². The third-order valence-corrected chi connectivity index (χ3v) is 6.04. The van der Waals surface area contributed by atoms with E-state index in [1.807, 2.05) is 50.2 Å². The maximum atomic E-state index is 12.9. The minimum absolute atomic E-state index is 0.0371. The SMILES string of the molecule is Cc1c(Cl)cccc1NC(=O)/C(C#N)=C\c1c(C)n(Cc2ccccc2)c2ccccc12. The number of carbonyl (C=O) groups is 1. The average molecular weight is 440 g/mol. The zero-order chi connectivity index (χ0) is 22.7. The van der Waals surface area contributed by atoms with E-state index in [1.165, 1.54) is 5.56 Å². The molecule has 0 aliphatic heterocycles. The van der Waals surface area contributed by atoms with Crippen LogP contribution in [0.5, 0.6) is 0 Å². The number of hydrogen-bond donors (Lipinski definition) is 1. The Morgan fingerprint density at radius 1 is 1.03 bits per heavy atom. The molecule has 3 aromatic carbocycles. The summed E-state index contributed by atoms with van der Waals surface area (Å²) in [5.74, 6) is -0.461. The molecule has 0 unspecified atom stereocenters. The molecule has 0 spiro atoms. The molecule has 0 saturated carbocycles. The second-order valence-electron chi connectivity index (χ2n) is 7.62. The number of anilines is 1. The van der Waals surface area contributed by atoms with Crippen molar-refractivity contribution in [1.29, 1.82) is 5.26 Å². The van der Waals surface area contributed by atoms with Gasteiger partial charge in [-0.15, -0.1) is 0 Å². The number of benzene rings is 3. The monoisotopic (exact) mass is 439 g/mol. The summed E-state index contributed by atoms with van der Waals surface area (Å²) in [4.78, 5) is 12.9. The second-order valence-corrected chi connectivity index (χ2v) is 8.03. The highest BCUT2D eigenvalue weighted by molar-refractivity contribution is 6.31. The fourth-order valence-corrected chi connectivity index (χ4v) is 4.01. The summed E-state index contributed by atoms with van der Waals surface area (Å²) < 4.78 is 2.21. The lowest BCUT2D eigenvalue weighted by Gasteiger charge is -2.09. The Balaban J connectivity index is 1.75. The Labute approximate surface area is 192 Å². The van der Waals surface area contributed by atoms with Gasteiger partial charge in [-0.25, -0.2) is 0 Å². The summed E-state index contributed by atoms with van der Waals surface area (Å²) in [6.45, 7) is 4.55. The van der Waals surface area contributed by atoms with Gasteiger partial charge in [0, 0.05) is 39.4 Å². The number of halogens is 1. The summed E-state index contributed by atoms with van der Waals surface area (Å²) in [7, 11) is 0. The molecular weight excluding hydrogens is 418 g/mol. The van der Waals surface area contributed by atoms with Gasteiger partial charge in [-0.2, -0.15) is 5.26 Å². The quantitative estimate of drug-likeness (QED) is 0.285. The van der Waals surface area contributed by atoms with Crippen LogP contribution >= 0.6 is 11.6 Å². The number of para-hydroxylation sites is 1. The number of nitriles is 1. The van der Waals surface area contributed by atoms with Gasteiger partial charge in [0.2, 0.25) is 0 Å². The molecule has 1 amide bonds. The standard InChI is InChI=1S/C27H22ClN3O/c1-18-24(28)12-8-13-25(18)30-27(32)21(16-29)15-23-19(2)31(17-20-9-4-3-5-10-20)26-14-7-6-11-22(23)26/h3-15H,17H2,1-2H3,(H,30,32)/b21-15-. The van der Waals surface area contributed by atoms with Crippen molar-refractivity contribution in [3.05, 3.63) is 106 Å². The van der Waals surface area contributed by atoms with Gasteiger partial charge in [0.15, 0.2) is 0 Å². The number of rotatable bonds is 5. The summed E-state index contributed by atoms with van der Waals surface area (Å²) in [5, 5.41) is 14.1. The number of hydrogen-bond acceptors (Lipinski definition) is 2. The molecule has 5 heteroatoms. The minimum Gasteiger partial charge on any atom is -0.340 e. The molecule has 0 aliphatic carbocycles. The topological polar surface area (TPSA) is 57.8 Å². The van der Waals surface area contributed by atoms with Crippen molar-refractivity contribution < 1.29 is 4.79 Å². The highest BCUT2D eigenvalue weighted by Gasteiger charge is 2.17. The minimum atomic E-state index is -0.461. The molecule has 0 bridgehead atoms. The number of aromatic nitrogens is 1. The Morgan fingerprint density at radius 3 is 2.50 bits per heavy atom. The fourth-order valence-electron chi connectivity index (χ4n) is 3.84. The fraction of sp³-hybridized carbons (Fsp3) is 0.111. The van der Waals surface area contributed by atoms with Gasteiger partial charge in [-0.05, 0) is 49.2 Å². The maximum absolute atomic E-state index is 12.9. The van der Waals surface area contributed by atoms with Crippen LogP contribution in [0.25, 0.3) is 17.0 Å². The van der Waals surface area contributed by atoms with Crippen LogP contribution in [-0.2, 0) is 11.3 Å². The zero-order valence-electron chi connectivity index (χ0n) is 17.9. The molecule has 0 aliphatic rings. The summed E-state index contributed by atoms with van der Waals surface area (Å²) >= 11 is 6.16. The number of fused-ring (bicyclic) bond motifs is 1. The first-order valence-electron chi connectivity index (χ1n) is 10.3. The van der Waals surface area contributed by atoms with Crippen molar-refractivity contribution in [1.82, 2.24) is 4.57 Å². The van der Waals surface area contributed by atoms with Crippen LogP contribution in [0.2, 0.25) is 5.02 Å². The molecule has 0 fully saturated rings. The lowest BCUT2D eigenvalue weighted by Crippen LogP contribution is -2.14. The van der Waals surface area contributed by atoms with Crippen LogP contribution in [0.15, 0.2) is 78.4 Å². The molecule has 0 saturated heterocycles. The van der Waals surface area contributed by atoms with Crippen molar-refractivity contribution in [2.75, 3.05) is 5.32 Å². The van der Waals surface area contributed by atoms with Crippen LogP contribution in [0.1, 0.15) is 22.4 Å². The first kappa shape index (κ1) is 21.4. The van der Waals surface area contributed by atoms with Gasteiger partial charge in [-0.1, -0.05) is 66.2 Å². The Kier molecular flexibility index (Phi) is 6.11. The molecular formula is C27H22ClN3O. The van der Waals surface area contributed by atoms with E-state index in [-0.39, 0.29) is 5.57 Å². The first-order chi connectivity index (χ1) is 15.5. The Bertz CT molecular complexity index is 1380. The summed E-state index contributed by atoms with van der Waals surface area (Å²) in [6.07, 6.45) is 1.67. The molecule has 158 valence electrons. The van der Waals surface area contributed by atoms with Gasteiger partial charge >= 0.3 is 0 Å². The van der Waals surface area contributed by atoms with E-state index in [1.54, 1.807) is 24.3 Å². The molecule has 0 radical (unpaired) electrons. The summed E-state index contributed by atoms with van der Waals surface area (Å²) in [6, 6.07) is 25.6. The van der Waals surface area contributed by atoms with E-state index >= 15 is 0 Å². The van der Waals surface area contributed by atoms with E-state index in [9.17, 15) is 10.1 Å². The van der Waals surface area contributed by atoms with E-state index in [4.69, 9.17) is 11.6 Å². The Hall–Kier alpha value is -3.81. The molecule has 1 N–H and O–H groups in total. The van der Waals surface area contributed by atoms with Crippen molar-refractivity contribution in [2.24, 2.45) is 0 Å². The highest BCUT2D eigenvalue weighted by atomic mass is 35.5. The predicted molar refractivity (Wildman–Crippen MR) is 131 cm³/mol. The van der Waals surface area contributed by atoms with Crippen LogP contribution in [0.3, 0.4) is 0 Å². The third kappa shape index (κ3) is 4.16. The largest absolute Gasteiger partial charge is 0.340 e. The number of nitrogens with one attached hydrogen (secondary N) is 1. The van der Waals surface area contributed by atoms with Crippen molar-refractivity contribution in [2.45, 2.75) is 20.4 Å². The van der Waals surface area contributed by atoms with Gasteiger partial charge in [0.05, 0.1) is 0 Å². The molecule has 4 nitrogen and oxygen atoms in total. The maximum Gasteiger partial charge on any atom is 0.266 e. The van der Waals surface area contributed by atoms with Crippen LogP contribution < -0.4 is 5.32 Å².